The van der Waals surface area contributed by atoms with Crippen LogP contribution in [0.5, 0.6) is 0 Å². The van der Waals surface area contributed by atoms with Gasteiger partial charge in [0.25, 0.3) is 0 Å². The first-order chi connectivity index (χ1) is 5.68. The van der Waals surface area contributed by atoms with E-state index in [-0.39, 0.29) is 0 Å². The number of H-pyrrole nitrogens is 1. The van der Waals surface area contributed by atoms with Crippen molar-refractivity contribution < 1.29 is 0 Å². The largest absolute Gasteiger partial charge is 0.361 e. The van der Waals surface area contributed by atoms with Gasteiger partial charge in [-0.3, -0.25) is 0 Å². The zero-order valence-corrected chi connectivity index (χ0v) is 7.87. The second kappa shape index (κ2) is 2.53. The maximum absolute atomic E-state index is 5.98. The van der Waals surface area contributed by atoms with Crippen molar-refractivity contribution in [1.29, 1.82) is 0 Å². The lowest BCUT2D eigenvalue weighted by Gasteiger charge is -1.97. The van der Waals surface area contributed by atoms with Gasteiger partial charge >= 0.3 is 0 Å². The average Bonchev–Trinajstić information content (AvgIpc) is 2.35. The van der Waals surface area contributed by atoms with Crippen molar-refractivity contribution in [2.75, 3.05) is 0 Å². The van der Waals surface area contributed by atoms with Gasteiger partial charge in [-0.25, -0.2) is 0 Å². The van der Waals surface area contributed by atoms with Crippen molar-refractivity contribution in [2.45, 2.75) is 13.8 Å². The Bertz CT molecular complexity index is 429. The summed E-state index contributed by atoms with van der Waals surface area (Å²) < 4.78 is 0. The van der Waals surface area contributed by atoms with Crippen LogP contribution in [0.1, 0.15) is 11.1 Å². The van der Waals surface area contributed by atoms with Crippen LogP contribution >= 0.6 is 11.6 Å². The minimum absolute atomic E-state index is 0.823. The highest BCUT2D eigenvalue weighted by molar-refractivity contribution is 6.32. The smallest absolute Gasteiger partial charge is 0.0471 e. The molecular formula is C10H10ClN. The van der Waals surface area contributed by atoms with E-state index in [0.717, 1.165) is 16.1 Å². The number of benzene rings is 1. The third-order valence-corrected chi connectivity index (χ3v) is 2.58. The molecule has 0 saturated heterocycles. The molecule has 0 spiro atoms. The Labute approximate surface area is 76.4 Å². The molecule has 0 saturated carbocycles. The Hall–Kier alpha value is -0.950. The first kappa shape index (κ1) is 7.69. The predicted molar refractivity (Wildman–Crippen MR) is 52.8 cm³/mol. The Morgan fingerprint density at radius 1 is 1.17 bits per heavy atom. The van der Waals surface area contributed by atoms with Gasteiger partial charge in [0.2, 0.25) is 0 Å². The lowest BCUT2D eigenvalue weighted by Crippen LogP contribution is -1.76. The van der Waals surface area contributed by atoms with Crippen LogP contribution < -0.4 is 0 Å². The molecule has 1 N–H and O–H groups in total. The molecule has 1 nitrogen and oxygen atoms in total. The van der Waals surface area contributed by atoms with Gasteiger partial charge in [-0.1, -0.05) is 11.6 Å². The summed E-state index contributed by atoms with van der Waals surface area (Å²) in [6.07, 6.45) is 2.00. The van der Waals surface area contributed by atoms with Gasteiger partial charge in [-0.05, 0) is 37.1 Å². The number of nitrogens with one attached hydrogen (secondary N) is 1. The zero-order valence-electron chi connectivity index (χ0n) is 7.11. The van der Waals surface area contributed by atoms with Gasteiger partial charge in [0.15, 0.2) is 0 Å². The van der Waals surface area contributed by atoms with Gasteiger partial charge in [0.05, 0.1) is 0 Å². The number of aryl methyl sites for hydroxylation is 2. The van der Waals surface area contributed by atoms with Crippen LogP contribution in [0.2, 0.25) is 5.02 Å². The Morgan fingerprint density at radius 3 is 2.67 bits per heavy atom. The van der Waals surface area contributed by atoms with Gasteiger partial charge in [-0.2, -0.15) is 0 Å². The molecule has 0 aliphatic rings. The molecule has 2 heteroatoms. The molecule has 0 aliphatic heterocycles. The van der Waals surface area contributed by atoms with Crippen LogP contribution in [0.25, 0.3) is 10.9 Å². The van der Waals surface area contributed by atoms with Crippen LogP contribution in [0.15, 0.2) is 18.3 Å². The van der Waals surface area contributed by atoms with Gasteiger partial charge in [-0.15, -0.1) is 0 Å². The molecule has 2 rings (SSSR count). The van der Waals surface area contributed by atoms with E-state index in [0.29, 0.717) is 0 Å². The quantitative estimate of drug-likeness (QED) is 0.638. The molecule has 2 aromatic rings. The number of halogens is 1. The van der Waals surface area contributed by atoms with Gasteiger partial charge in [0.1, 0.15) is 0 Å². The van der Waals surface area contributed by atoms with Crippen molar-refractivity contribution in [2.24, 2.45) is 0 Å². The molecule has 0 unspecified atom stereocenters. The molecule has 62 valence electrons. The highest BCUT2D eigenvalue weighted by Crippen LogP contribution is 2.24. The molecule has 1 aromatic heterocycles. The van der Waals surface area contributed by atoms with E-state index in [9.17, 15) is 0 Å². The average molecular weight is 180 g/mol. The van der Waals surface area contributed by atoms with Crippen LogP contribution in [0, 0.1) is 13.8 Å². The summed E-state index contributed by atoms with van der Waals surface area (Å²) in [5, 5.41) is 2.08. The lowest BCUT2D eigenvalue weighted by molar-refractivity contribution is 1.42. The lowest BCUT2D eigenvalue weighted by atomic mass is 10.1. The van der Waals surface area contributed by atoms with Crippen molar-refractivity contribution in [1.82, 2.24) is 4.98 Å². The van der Waals surface area contributed by atoms with Crippen molar-refractivity contribution in [3.05, 3.63) is 34.5 Å². The molecular weight excluding hydrogens is 170 g/mol. The minimum Gasteiger partial charge on any atom is -0.361 e. The second-order valence-corrected chi connectivity index (χ2v) is 3.53. The van der Waals surface area contributed by atoms with Crippen LogP contribution in [-0.4, -0.2) is 4.98 Å². The number of rotatable bonds is 0. The summed E-state index contributed by atoms with van der Waals surface area (Å²) in [5.74, 6) is 0. The zero-order chi connectivity index (χ0) is 8.72. The first-order valence-electron chi connectivity index (χ1n) is 3.92. The van der Waals surface area contributed by atoms with Crippen molar-refractivity contribution >= 4 is 22.5 Å². The highest BCUT2D eigenvalue weighted by Gasteiger charge is 2.02. The first-order valence-corrected chi connectivity index (χ1v) is 4.30. The summed E-state index contributed by atoms with van der Waals surface area (Å²) in [5.41, 5.74) is 3.51. The summed E-state index contributed by atoms with van der Waals surface area (Å²) in [7, 11) is 0. The normalized spacial score (nSPS) is 10.9. The third kappa shape index (κ3) is 1.01. The number of fused-ring (bicyclic) bond motifs is 1. The number of hydrogen-bond acceptors (Lipinski definition) is 0. The molecule has 0 fully saturated rings. The fourth-order valence-corrected chi connectivity index (χ4v) is 1.55. The molecule has 0 radical (unpaired) electrons. The molecule has 0 amide bonds. The molecule has 0 aliphatic carbocycles. The number of aromatic amines is 1. The number of hydrogen-bond donors (Lipinski definition) is 1. The van der Waals surface area contributed by atoms with E-state index in [1.807, 2.05) is 19.2 Å². The van der Waals surface area contributed by atoms with E-state index < -0.39 is 0 Å². The van der Waals surface area contributed by atoms with E-state index in [4.69, 9.17) is 11.6 Å². The van der Waals surface area contributed by atoms with E-state index in [1.54, 1.807) is 0 Å². The SMILES string of the molecule is Cc1cc2c(C)c[nH]c2cc1Cl. The van der Waals surface area contributed by atoms with E-state index >= 15 is 0 Å². The third-order valence-electron chi connectivity index (χ3n) is 2.17. The van der Waals surface area contributed by atoms with Gasteiger partial charge < -0.3 is 4.98 Å². The topological polar surface area (TPSA) is 15.8 Å². The monoisotopic (exact) mass is 179 g/mol. The second-order valence-electron chi connectivity index (χ2n) is 3.12. The summed E-state index contributed by atoms with van der Waals surface area (Å²) in [4.78, 5) is 3.17. The standard InChI is InChI=1S/C10H10ClN/c1-6-3-8-7(2)5-12-10(8)4-9(6)11/h3-5,12H,1-2H3. The summed E-state index contributed by atoms with van der Waals surface area (Å²) in [6.45, 7) is 4.11. The predicted octanol–water partition coefficient (Wildman–Crippen LogP) is 3.44. The molecule has 12 heavy (non-hydrogen) atoms. The van der Waals surface area contributed by atoms with Crippen LogP contribution in [-0.2, 0) is 0 Å². The summed E-state index contributed by atoms with van der Waals surface area (Å²) in [6, 6.07) is 4.09. The fourth-order valence-electron chi connectivity index (χ4n) is 1.39. The van der Waals surface area contributed by atoms with Crippen molar-refractivity contribution in [3.63, 3.8) is 0 Å². The molecule has 1 heterocycles. The van der Waals surface area contributed by atoms with Crippen molar-refractivity contribution in [3.8, 4) is 0 Å². The maximum atomic E-state index is 5.98. The summed E-state index contributed by atoms with van der Waals surface area (Å²) >= 11 is 5.98. The maximum Gasteiger partial charge on any atom is 0.0471 e. The Kier molecular flexibility index (Phi) is 1.62. The number of aromatic nitrogens is 1. The highest BCUT2D eigenvalue weighted by atomic mass is 35.5. The van der Waals surface area contributed by atoms with Crippen LogP contribution in [0.4, 0.5) is 0 Å². The van der Waals surface area contributed by atoms with Gasteiger partial charge in [0, 0.05) is 22.1 Å². The fraction of sp³-hybridized carbons (Fsp3) is 0.200. The molecule has 0 atom stereocenters. The van der Waals surface area contributed by atoms with E-state index in [1.165, 1.54) is 10.9 Å². The minimum atomic E-state index is 0.823. The Morgan fingerprint density at radius 2 is 1.92 bits per heavy atom. The van der Waals surface area contributed by atoms with Crippen LogP contribution in [0.3, 0.4) is 0 Å². The van der Waals surface area contributed by atoms with E-state index in [2.05, 4.69) is 18.0 Å². The Balaban J connectivity index is 2.87. The molecule has 1 aromatic carbocycles. The molecule has 0 bridgehead atoms.